The number of pyridine rings is 1. The Balaban J connectivity index is 1.86. The number of hydrogen-bond acceptors (Lipinski definition) is 6. The predicted molar refractivity (Wildman–Crippen MR) is 112 cm³/mol. The minimum Gasteiger partial charge on any atom is -0.455 e. The second kappa shape index (κ2) is 7.59. The summed E-state index contributed by atoms with van der Waals surface area (Å²) in [6, 6.07) is 15.1. The molecular weight excluding hydrogens is 386 g/mol. The summed E-state index contributed by atoms with van der Waals surface area (Å²) in [5.41, 5.74) is 0.738. The van der Waals surface area contributed by atoms with Crippen molar-refractivity contribution in [3.63, 3.8) is 0 Å². The van der Waals surface area contributed by atoms with Crippen LogP contribution in [0.2, 0.25) is 0 Å². The number of para-hydroxylation sites is 1. The number of nitrogens with zero attached hydrogens (tertiary/aromatic N) is 2. The summed E-state index contributed by atoms with van der Waals surface area (Å²) >= 11 is 0. The monoisotopic (exact) mass is 401 g/mol. The Morgan fingerprint density at radius 1 is 1.10 bits per heavy atom. The van der Waals surface area contributed by atoms with Gasteiger partial charge in [-0.05, 0) is 25.1 Å². The van der Waals surface area contributed by atoms with Gasteiger partial charge in [0.15, 0.2) is 11.0 Å². The van der Waals surface area contributed by atoms with Crippen molar-refractivity contribution < 1.29 is 14.1 Å². The van der Waals surface area contributed by atoms with E-state index in [9.17, 15) is 19.7 Å². The highest BCUT2D eigenvalue weighted by Gasteiger charge is 2.21. The van der Waals surface area contributed by atoms with Gasteiger partial charge in [-0.25, -0.2) is 0 Å². The molecule has 0 unspecified atom stereocenters. The molecule has 0 aliphatic heterocycles. The van der Waals surface area contributed by atoms with Crippen LogP contribution in [0, 0.1) is 17.0 Å². The lowest BCUT2D eigenvalue weighted by molar-refractivity contribution is -0.384. The molecule has 30 heavy (non-hydrogen) atoms. The van der Waals surface area contributed by atoms with E-state index in [1.54, 1.807) is 31.2 Å². The van der Waals surface area contributed by atoms with Crippen LogP contribution in [0.5, 0.6) is 0 Å². The zero-order valence-corrected chi connectivity index (χ0v) is 15.8. The first kappa shape index (κ1) is 19.0. The SMILES string of the molecule is Cc1c(-c2ccccc2)oc2c(C(=O)Nc3ccncc3[N+](=O)[O-])cccc2c1=O. The number of nitrogens with one attached hydrogen (secondary N) is 1. The standard InChI is InChI=1S/C22H15N3O5/c1-13-19(26)15-8-5-9-16(21(15)30-20(13)14-6-3-2-4-7-14)22(27)24-17-10-11-23-12-18(17)25(28)29/h2-12H,1H3,(H,23,24,27). The number of rotatable bonds is 4. The van der Waals surface area contributed by atoms with Gasteiger partial charge in [-0.2, -0.15) is 0 Å². The van der Waals surface area contributed by atoms with Crippen LogP contribution < -0.4 is 10.7 Å². The fourth-order valence-corrected chi connectivity index (χ4v) is 3.18. The molecule has 1 N–H and O–H groups in total. The Hall–Kier alpha value is -4.33. The molecule has 0 saturated heterocycles. The van der Waals surface area contributed by atoms with E-state index in [0.717, 1.165) is 6.20 Å². The average Bonchev–Trinajstić information content (AvgIpc) is 2.76. The lowest BCUT2D eigenvalue weighted by Gasteiger charge is -2.11. The maximum atomic E-state index is 12.9. The molecule has 2 heterocycles. The summed E-state index contributed by atoms with van der Waals surface area (Å²) in [4.78, 5) is 40.1. The van der Waals surface area contributed by atoms with Gasteiger partial charge in [0.1, 0.15) is 17.6 Å². The fraction of sp³-hybridized carbons (Fsp3) is 0.0455. The molecule has 0 aliphatic carbocycles. The molecule has 0 radical (unpaired) electrons. The van der Waals surface area contributed by atoms with E-state index in [1.807, 2.05) is 18.2 Å². The van der Waals surface area contributed by atoms with Crippen LogP contribution in [0.1, 0.15) is 15.9 Å². The lowest BCUT2D eigenvalue weighted by Crippen LogP contribution is -2.15. The molecule has 0 saturated carbocycles. The molecule has 8 heteroatoms. The molecule has 0 spiro atoms. The molecule has 2 aromatic carbocycles. The Bertz CT molecular complexity index is 1350. The van der Waals surface area contributed by atoms with E-state index < -0.39 is 10.8 Å². The molecule has 1 amide bonds. The number of nitro groups is 1. The molecule has 148 valence electrons. The highest BCUT2D eigenvalue weighted by Crippen LogP contribution is 2.28. The lowest BCUT2D eigenvalue weighted by atomic mass is 10.0. The molecule has 4 rings (SSSR count). The van der Waals surface area contributed by atoms with Crippen molar-refractivity contribution in [2.45, 2.75) is 6.92 Å². The van der Waals surface area contributed by atoms with Gasteiger partial charge in [-0.15, -0.1) is 0 Å². The minimum atomic E-state index is -0.638. The van der Waals surface area contributed by atoms with Crippen LogP contribution >= 0.6 is 0 Å². The number of carbonyl (C=O) groups is 1. The third-order valence-corrected chi connectivity index (χ3v) is 4.67. The van der Waals surface area contributed by atoms with Gasteiger partial charge in [0.25, 0.3) is 5.91 Å². The highest BCUT2D eigenvalue weighted by molar-refractivity contribution is 6.12. The van der Waals surface area contributed by atoms with Crippen molar-refractivity contribution in [3.8, 4) is 11.3 Å². The highest BCUT2D eigenvalue weighted by atomic mass is 16.6. The average molecular weight is 401 g/mol. The number of anilines is 1. The first-order chi connectivity index (χ1) is 14.5. The van der Waals surface area contributed by atoms with Crippen molar-refractivity contribution in [3.05, 3.63) is 98.5 Å². The van der Waals surface area contributed by atoms with Crippen LogP contribution in [-0.2, 0) is 0 Å². The molecule has 0 fully saturated rings. The number of benzene rings is 2. The number of carbonyl (C=O) groups excluding carboxylic acids is 1. The van der Waals surface area contributed by atoms with Crippen LogP contribution in [0.3, 0.4) is 0 Å². The van der Waals surface area contributed by atoms with Crippen LogP contribution in [0.25, 0.3) is 22.3 Å². The molecule has 8 nitrogen and oxygen atoms in total. The van der Waals surface area contributed by atoms with E-state index in [1.165, 1.54) is 18.3 Å². The predicted octanol–water partition coefficient (Wildman–Crippen LogP) is 4.32. The quantitative estimate of drug-likeness (QED) is 0.402. The molecular formula is C22H15N3O5. The normalized spacial score (nSPS) is 10.7. The van der Waals surface area contributed by atoms with E-state index in [-0.39, 0.29) is 33.3 Å². The van der Waals surface area contributed by atoms with Gasteiger partial charge in [-0.1, -0.05) is 36.4 Å². The second-order valence-electron chi connectivity index (χ2n) is 6.54. The molecule has 0 bridgehead atoms. The maximum absolute atomic E-state index is 12.9. The summed E-state index contributed by atoms with van der Waals surface area (Å²) in [5, 5.41) is 14.0. The van der Waals surface area contributed by atoms with Crippen LogP contribution in [-0.4, -0.2) is 15.8 Å². The van der Waals surface area contributed by atoms with Crippen LogP contribution in [0.15, 0.2) is 76.2 Å². The Morgan fingerprint density at radius 3 is 2.60 bits per heavy atom. The van der Waals surface area contributed by atoms with Gasteiger partial charge in [0.05, 0.1) is 15.9 Å². The molecule has 4 aromatic rings. The minimum absolute atomic E-state index is 0.00487. The zero-order valence-electron chi connectivity index (χ0n) is 15.8. The summed E-state index contributed by atoms with van der Waals surface area (Å²) in [6.07, 6.45) is 2.39. The number of aromatic nitrogens is 1. The Kier molecular flexibility index (Phi) is 4.81. The number of fused-ring (bicyclic) bond motifs is 1. The zero-order chi connectivity index (χ0) is 21.3. The van der Waals surface area contributed by atoms with E-state index in [4.69, 9.17) is 4.42 Å². The molecule has 0 aliphatic rings. The Morgan fingerprint density at radius 2 is 1.87 bits per heavy atom. The van der Waals surface area contributed by atoms with Gasteiger partial charge < -0.3 is 9.73 Å². The van der Waals surface area contributed by atoms with E-state index >= 15 is 0 Å². The van der Waals surface area contributed by atoms with Crippen molar-refractivity contribution in [2.75, 3.05) is 5.32 Å². The van der Waals surface area contributed by atoms with Crippen molar-refractivity contribution >= 4 is 28.3 Å². The Labute approximate surface area is 170 Å². The molecule has 0 atom stereocenters. The van der Waals surface area contributed by atoms with Crippen LogP contribution in [0.4, 0.5) is 11.4 Å². The largest absolute Gasteiger partial charge is 0.455 e. The summed E-state index contributed by atoms with van der Waals surface area (Å²) < 4.78 is 6.02. The summed E-state index contributed by atoms with van der Waals surface area (Å²) in [6.45, 7) is 1.67. The van der Waals surface area contributed by atoms with Gasteiger partial charge in [0.2, 0.25) is 0 Å². The number of hydrogen-bond donors (Lipinski definition) is 1. The molecule has 2 aromatic heterocycles. The van der Waals surface area contributed by atoms with Gasteiger partial charge in [-0.3, -0.25) is 24.7 Å². The third-order valence-electron chi connectivity index (χ3n) is 4.67. The summed E-state index contributed by atoms with van der Waals surface area (Å²) in [5.74, 6) is -0.274. The third kappa shape index (κ3) is 3.30. The maximum Gasteiger partial charge on any atom is 0.310 e. The van der Waals surface area contributed by atoms with E-state index in [2.05, 4.69) is 10.3 Å². The van der Waals surface area contributed by atoms with Crippen molar-refractivity contribution in [2.24, 2.45) is 0 Å². The first-order valence-electron chi connectivity index (χ1n) is 8.99. The second-order valence-corrected chi connectivity index (χ2v) is 6.54. The van der Waals surface area contributed by atoms with Gasteiger partial charge >= 0.3 is 5.69 Å². The first-order valence-corrected chi connectivity index (χ1v) is 8.99. The smallest absolute Gasteiger partial charge is 0.310 e. The fourth-order valence-electron chi connectivity index (χ4n) is 3.18. The van der Waals surface area contributed by atoms with Gasteiger partial charge in [0, 0.05) is 17.3 Å². The van der Waals surface area contributed by atoms with Crippen molar-refractivity contribution in [1.82, 2.24) is 4.98 Å². The van der Waals surface area contributed by atoms with Crippen molar-refractivity contribution in [1.29, 1.82) is 0 Å². The topological polar surface area (TPSA) is 115 Å². The summed E-state index contributed by atoms with van der Waals surface area (Å²) in [7, 11) is 0. The number of amides is 1. The van der Waals surface area contributed by atoms with E-state index in [0.29, 0.717) is 16.9 Å².